The van der Waals surface area contributed by atoms with Crippen molar-refractivity contribution < 1.29 is 5.11 Å². The Morgan fingerprint density at radius 1 is 1.20 bits per heavy atom. The van der Waals surface area contributed by atoms with Crippen molar-refractivity contribution in [3.8, 4) is 0 Å². The molecule has 1 aliphatic rings. The summed E-state index contributed by atoms with van der Waals surface area (Å²) < 4.78 is 0. The second-order valence-electron chi connectivity index (χ2n) is 6.66. The Morgan fingerprint density at radius 3 is 2.27 bits per heavy atom. The van der Waals surface area contributed by atoms with Gasteiger partial charge in [0.15, 0.2) is 0 Å². The fraction of sp³-hybridized carbons (Fsp3) is 1.00. The van der Waals surface area contributed by atoms with Crippen LogP contribution in [0.15, 0.2) is 0 Å². The summed E-state index contributed by atoms with van der Waals surface area (Å²) in [6.45, 7) is 13.0. The zero-order valence-electron chi connectivity index (χ0n) is 11.0. The van der Waals surface area contributed by atoms with E-state index in [1.165, 1.54) is 12.8 Å². The van der Waals surface area contributed by atoms with Crippen molar-refractivity contribution in [1.29, 1.82) is 0 Å². The van der Waals surface area contributed by atoms with Crippen molar-refractivity contribution in [2.45, 2.75) is 65.5 Å². The number of rotatable bonds is 3. The number of aliphatic hydroxyl groups is 1. The lowest BCUT2D eigenvalue weighted by Crippen LogP contribution is -2.46. The van der Waals surface area contributed by atoms with Crippen LogP contribution in [-0.2, 0) is 0 Å². The molecule has 0 bridgehead atoms. The Balaban J connectivity index is 2.48. The van der Waals surface area contributed by atoms with Gasteiger partial charge in [0, 0.05) is 6.04 Å². The zero-order chi connectivity index (χ0) is 11.7. The third-order valence-corrected chi connectivity index (χ3v) is 3.33. The van der Waals surface area contributed by atoms with Crippen LogP contribution in [0.25, 0.3) is 0 Å². The van der Waals surface area contributed by atoms with Gasteiger partial charge in [0.25, 0.3) is 0 Å². The summed E-state index contributed by atoms with van der Waals surface area (Å²) in [6, 6.07) is 0.361. The molecule has 1 N–H and O–H groups in total. The smallest absolute Gasteiger partial charge is 0.0746 e. The van der Waals surface area contributed by atoms with Gasteiger partial charge in [-0.05, 0) is 51.6 Å². The molecule has 0 aliphatic carbocycles. The molecule has 15 heavy (non-hydrogen) atoms. The van der Waals surface area contributed by atoms with Crippen LogP contribution < -0.4 is 0 Å². The normalized spacial score (nSPS) is 24.8. The standard InChI is InChI=1S/C13H27NO/c1-12(2,3)8-10-14-9-6-7-11(14)13(4,5)15/h11,15H,6-10H2,1-5H3. The van der Waals surface area contributed by atoms with E-state index in [9.17, 15) is 5.11 Å². The monoisotopic (exact) mass is 213 g/mol. The van der Waals surface area contributed by atoms with Gasteiger partial charge in [-0.1, -0.05) is 20.8 Å². The van der Waals surface area contributed by atoms with E-state index < -0.39 is 5.60 Å². The Morgan fingerprint density at radius 2 is 1.80 bits per heavy atom. The van der Waals surface area contributed by atoms with Gasteiger partial charge in [-0.3, -0.25) is 4.90 Å². The minimum atomic E-state index is -0.547. The van der Waals surface area contributed by atoms with E-state index in [1.54, 1.807) is 0 Å². The lowest BCUT2D eigenvalue weighted by atomic mass is 9.91. The summed E-state index contributed by atoms with van der Waals surface area (Å²) in [4.78, 5) is 2.46. The molecular weight excluding hydrogens is 186 g/mol. The van der Waals surface area contributed by atoms with Crippen molar-refractivity contribution in [3.63, 3.8) is 0 Å². The molecule has 1 atom stereocenters. The van der Waals surface area contributed by atoms with Crippen LogP contribution in [0.5, 0.6) is 0 Å². The van der Waals surface area contributed by atoms with E-state index in [-0.39, 0.29) is 0 Å². The highest BCUT2D eigenvalue weighted by molar-refractivity contribution is 4.91. The van der Waals surface area contributed by atoms with Crippen LogP contribution >= 0.6 is 0 Å². The first-order chi connectivity index (χ1) is 6.70. The zero-order valence-corrected chi connectivity index (χ0v) is 11.0. The van der Waals surface area contributed by atoms with E-state index >= 15 is 0 Å². The first-order valence-corrected chi connectivity index (χ1v) is 6.16. The molecule has 0 spiro atoms. The number of hydrogen-bond donors (Lipinski definition) is 1. The molecule has 1 rings (SSSR count). The van der Waals surface area contributed by atoms with E-state index in [0.29, 0.717) is 11.5 Å². The molecular formula is C13H27NO. The number of likely N-dealkylation sites (tertiary alicyclic amines) is 1. The van der Waals surface area contributed by atoms with Gasteiger partial charge >= 0.3 is 0 Å². The van der Waals surface area contributed by atoms with Gasteiger partial charge in [-0.2, -0.15) is 0 Å². The van der Waals surface area contributed by atoms with Crippen molar-refractivity contribution in [2.24, 2.45) is 5.41 Å². The third kappa shape index (κ3) is 4.12. The molecule has 1 heterocycles. The lowest BCUT2D eigenvalue weighted by molar-refractivity contribution is -0.00504. The summed E-state index contributed by atoms with van der Waals surface area (Å²) in [5.41, 5.74) is -0.152. The first kappa shape index (κ1) is 13.0. The second-order valence-corrected chi connectivity index (χ2v) is 6.66. The summed E-state index contributed by atoms with van der Waals surface area (Å²) >= 11 is 0. The minimum absolute atomic E-state index is 0.361. The van der Waals surface area contributed by atoms with Crippen LogP contribution in [0.2, 0.25) is 0 Å². The predicted octanol–water partition coefficient (Wildman–Crippen LogP) is 2.66. The molecule has 1 saturated heterocycles. The molecule has 2 nitrogen and oxygen atoms in total. The summed E-state index contributed by atoms with van der Waals surface area (Å²) in [7, 11) is 0. The van der Waals surface area contributed by atoms with Crippen molar-refractivity contribution in [3.05, 3.63) is 0 Å². The average molecular weight is 213 g/mol. The average Bonchev–Trinajstić information content (AvgIpc) is 2.45. The van der Waals surface area contributed by atoms with Crippen LogP contribution in [0.3, 0.4) is 0 Å². The molecule has 1 fully saturated rings. The molecule has 0 radical (unpaired) electrons. The van der Waals surface area contributed by atoms with Crippen LogP contribution in [0.1, 0.15) is 53.9 Å². The Labute approximate surface area is 94.7 Å². The number of nitrogens with zero attached hydrogens (tertiary/aromatic N) is 1. The van der Waals surface area contributed by atoms with Crippen LogP contribution in [0.4, 0.5) is 0 Å². The molecule has 0 aromatic heterocycles. The lowest BCUT2D eigenvalue weighted by Gasteiger charge is -2.35. The Bertz CT molecular complexity index is 200. The summed E-state index contributed by atoms with van der Waals surface area (Å²) in [5.74, 6) is 0. The van der Waals surface area contributed by atoms with Crippen molar-refractivity contribution in [2.75, 3.05) is 13.1 Å². The quantitative estimate of drug-likeness (QED) is 0.779. The molecule has 1 unspecified atom stereocenters. The summed E-state index contributed by atoms with van der Waals surface area (Å²) in [5, 5.41) is 10.1. The van der Waals surface area contributed by atoms with E-state index in [1.807, 2.05) is 13.8 Å². The van der Waals surface area contributed by atoms with E-state index in [4.69, 9.17) is 0 Å². The van der Waals surface area contributed by atoms with Crippen molar-refractivity contribution >= 4 is 0 Å². The predicted molar refractivity (Wildman–Crippen MR) is 65.0 cm³/mol. The Hall–Kier alpha value is -0.0800. The molecule has 1 aliphatic heterocycles. The SMILES string of the molecule is CC(C)(C)CCN1CCCC1C(C)(C)O. The molecule has 2 heteroatoms. The molecule has 90 valence electrons. The van der Waals surface area contributed by atoms with Crippen molar-refractivity contribution in [1.82, 2.24) is 4.90 Å². The second kappa shape index (κ2) is 4.42. The largest absolute Gasteiger partial charge is 0.389 e. The highest BCUT2D eigenvalue weighted by atomic mass is 16.3. The maximum absolute atomic E-state index is 10.1. The third-order valence-electron chi connectivity index (χ3n) is 3.33. The van der Waals surface area contributed by atoms with Gasteiger partial charge in [-0.15, -0.1) is 0 Å². The van der Waals surface area contributed by atoms with Crippen LogP contribution in [-0.4, -0.2) is 34.7 Å². The van der Waals surface area contributed by atoms with Crippen LogP contribution in [0, 0.1) is 5.41 Å². The number of hydrogen-bond acceptors (Lipinski definition) is 2. The van der Waals surface area contributed by atoms with Gasteiger partial charge in [0.05, 0.1) is 5.60 Å². The van der Waals surface area contributed by atoms with Gasteiger partial charge in [0.1, 0.15) is 0 Å². The van der Waals surface area contributed by atoms with Gasteiger partial charge in [-0.25, -0.2) is 0 Å². The molecule has 0 aromatic rings. The van der Waals surface area contributed by atoms with Gasteiger partial charge < -0.3 is 5.11 Å². The molecule has 0 saturated carbocycles. The first-order valence-electron chi connectivity index (χ1n) is 6.16. The minimum Gasteiger partial charge on any atom is -0.389 e. The maximum Gasteiger partial charge on any atom is 0.0746 e. The highest BCUT2D eigenvalue weighted by Gasteiger charge is 2.35. The summed E-state index contributed by atoms with van der Waals surface area (Å²) in [6.07, 6.45) is 3.59. The molecule has 0 aromatic carbocycles. The molecule has 0 amide bonds. The van der Waals surface area contributed by atoms with E-state index in [2.05, 4.69) is 25.7 Å². The Kier molecular flexibility index (Phi) is 3.83. The fourth-order valence-corrected chi connectivity index (χ4v) is 2.37. The van der Waals surface area contributed by atoms with Gasteiger partial charge in [0.2, 0.25) is 0 Å². The highest BCUT2D eigenvalue weighted by Crippen LogP contribution is 2.28. The fourth-order valence-electron chi connectivity index (χ4n) is 2.37. The van der Waals surface area contributed by atoms with E-state index in [0.717, 1.165) is 19.5 Å². The maximum atomic E-state index is 10.1. The topological polar surface area (TPSA) is 23.5 Å².